The number of rotatable bonds is 4. The average molecular weight is 441 g/mol. The minimum atomic E-state index is -1.18. The summed E-state index contributed by atoms with van der Waals surface area (Å²) >= 11 is 4.96. The lowest BCUT2D eigenvalue weighted by Gasteiger charge is -2.42. The highest BCUT2D eigenvalue weighted by Crippen LogP contribution is 2.48. The fourth-order valence-electron chi connectivity index (χ4n) is 7.63. The Morgan fingerprint density at radius 1 is 0.500 bits per heavy atom. The number of hydrogen-bond donors (Lipinski definition) is 0. The lowest BCUT2D eigenvalue weighted by molar-refractivity contribution is 0.0949. The van der Waals surface area contributed by atoms with Gasteiger partial charge in [0.05, 0.1) is 0 Å². The molecule has 0 spiro atoms. The van der Waals surface area contributed by atoms with Crippen molar-refractivity contribution < 1.29 is 4.57 Å². The molecule has 4 rings (SSSR count). The summed E-state index contributed by atoms with van der Waals surface area (Å²) in [5, 5.41) is 0. The monoisotopic (exact) mass is 440 g/mol. The van der Waals surface area contributed by atoms with Crippen LogP contribution in [0.25, 0.3) is 0 Å². The van der Waals surface area contributed by atoms with Crippen molar-refractivity contribution in [2.45, 2.75) is 115 Å². The van der Waals surface area contributed by atoms with Crippen molar-refractivity contribution in [3.8, 4) is 0 Å². The first-order valence-corrected chi connectivity index (χ1v) is 16.2. The van der Waals surface area contributed by atoms with Crippen LogP contribution in [0.5, 0.6) is 0 Å². The van der Waals surface area contributed by atoms with Crippen molar-refractivity contribution >= 4 is 27.3 Å². The van der Waals surface area contributed by atoms with Crippen molar-refractivity contribution in [2.75, 3.05) is 0 Å². The molecule has 0 bridgehead atoms. The zero-order valence-corrected chi connectivity index (χ0v) is 20.3. The van der Waals surface area contributed by atoms with E-state index in [9.17, 15) is 4.57 Å². The summed E-state index contributed by atoms with van der Waals surface area (Å²) in [6.07, 6.45) is 24.8. The van der Waals surface area contributed by atoms with Gasteiger partial charge in [-0.05, 0) is 133 Å². The predicted octanol–water partition coefficient (Wildman–Crippen LogP) is 8.03. The molecule has 0 aromatic carbocycles. The molecule has 0 heterocycles. The van der Waals surface area contributed by atoms with E-state index in [1.807, 2.05) is 0 Å². The second-order valence-corrected chi connectivity index (χ2v) is 15.0. The Bertz CT molecular complexity index is 580. The van der Waals surface area contributed by atoms with Crippen molar-refractivity contribution in [3.05, 3.63) is 0 Å². The van der Waals surface area contributed by atoms with E-state index in [-0.39, 0.29) is 0 Å². The van der Waals surface area contributed by atoms with Gasteiger partial charge in [0.25, 0.3) is 0 Å². The van der Waals surface area contributed by atoms with Crippen LogP contribution in [0.1, 0.15) is 109 Å². The maximum Gasteiger partial charge on any atom is 0.168 e. The Hall–Kier alpha value is 0.540. The zero-order valence-electron chi connectivity index (χ0n) is 17.7. The maximum atomic E-state index is 12.0. The van der Waals surface area contributed by atoms with Crippen molar-refractivity contribution in [1.82, 2.24) is 0 Å². The van der Waals surface area contributed by atoms with Crippen LogP contribution < -0.4 is 0 Å². The Labute approximate surface area is 181 Å². The molecule has 0 radical (unpaired) electrons. The minimum absolute atomic E-state index is 0.421. The molecule has 28 heavy (non-hydrogen) atoms. The van der Waals surface area contributed by atoms with Crippen molar-refractivity contribution in [2.24, 2.45) is 35.5 Å². The highest BCUT2D eigenvalue weighted by molar-refractivity contribution is 8.32. The normalized spacial score (nSPS) is 41.4. The maximum absolute atomic E-state index is 12.0. The zero-order chi connectivity index (χ0) is 19.3. The molecule has 4 fully saturated rings. The smallest absolute Gasteiger partial charge is 0.168 e. The lowest BCUT2D eigenvalue weighted by atomic mass is 9.64. The molecular weight excluding hydrogens is 399 g/mol. The van der Waals surface area contributed by atoms with E-state index < -0.39 is 6.58 Å². The summed E-state index contributed by atoms with van der Waals surface area (Å²) in [5.74, 6) is 6.19. The third-order valence-electron chi connectivity index (χ3n) is 9.40. The molecule has 4 aliphatic rings. The van der Waals surface area contributed by atoms with E-state index in [0.29, 0.717) is 5.66 Å². The quantitative estimate of drug-likeness (QED) is 0.412. The van der Waals surface area contributed by atoms with E-state index >= 15 is 0 Å². The van der Waals surface area contributed by atoms with Gasteiger partial charge < -0.3 is 0 Å². The van der Waals surface area contributed by atoms with Gasteiger partial charge in [0.1, 0.15) is 0 Å². The van der Waals surface area contributed by atoms with Crippen LogP contribution in [-0.2, 0) is 25.3 Å². The summed E-state index contributed by atoms with van der Waals surface area (Å²) in [7, 11) is 1.19. The Balaban J connectivity index is 1.18. The lowest BCUT2D eigenvalue weighted by Crippen LogP contribution is -2.31. The summed E-state index contributed by atoms with van der Waals surface area (Å²) < 4.78 is 12.0. The summed E-state index contributed by atoms with van der Waals surface area (Å²) in [4.78, 5) is 0. The average Bonchev–Trinajstić information content (AvgIpc) is 2.79. The second-order valence-electron chi connectivity index (χ2n) is 10.7. The molecule has 160 valence electrons. The van der Waals surface area contributed by atoms with E-state index in [0.717, 1.165) is 35.5 Å². The molecule has 1 unspecified atom stereocenters. The second kappa shape index (κ2) is 10.7. The van der Waals surface area contributed by atoms with Crippen LogP contribution in [0, 0.1) is 35.5 Å². The van der Waals surface area contributed by atoms with Crippen molar-refractivity contribution in [1.29, 1.82) is 0 Å². The van der Waals surface area contributed by atoms with Crippen LogP contribution in [0.15, 0.2) is 0 Å². The fourth-order valence-corrected chi connectivity index (χ4v) is 10.6. The van der Waals surface area contributed by atoms with Crippen LogP contribution in [0.3, 0.4) is 0 Å². The fraction of sp³-hybridized carbons (Fsp3) is 1.00. The Kier molecular flexibility index (Phi) is 8.33. The third-order valence-corrected chi connectivity index (χ3v) is 13.3. The van der Waals surface area contributed by atoms with E-state index in [1.165, 1.54) is 80.1 Å². The topological polar surface area (TPSA) is 17.1 Å². The first kappa shape index (κ1) is 21.8. The highest BCUT2D eigenvalue weighted by Gasteiger charge is 2.36. The van der Waals surface area contributed by atoms with Gasteiger partial charge in [0.2, 0.25) is 0 Å². The first-order chi connectivity index (χ1) is 13.7. The summed E-state index contributed by atoms with van der Waals surface area (Å²) in [6, 6.07) is 0. The third kappa shape index (κ3) is 5.42. The van der Waals surface area contributed by atoms with E-state index in [4.69, 9.17) is 11.2 Å². The molecule has 1 atom stereocenters. The van der Waals surface area contributed by atoms with Crippen LogP contribution in [-0.4, -0.2) is 5.66 Å². The van der Waals surface area contributed by atoms with Gasteiger partial charge in [-0.1, -0.05) is 32.1 Å². The van der Waals surface area contributed by atoms with Gasteiger partial charge in [0, 0.05) is 5.66 Å². The highest BCUT2D eigenvalue weighted by atomic mass is 32.9. The predicted molar refractivity (Wildman–Crippen MR) is 126 cm³/mol. The first-order valence-electron chi connectivity index (χ1n) is 12.5. The number of hydrogen-bond acceptors (Lipinski definition) is 2. The van der Waals surface area contributed by atoms with Gasteiger partial charge in [-0.15, -0.1) is 0 Å². The standard InChI is InChI=1S/C24H41OPS2/c25-26(28-27)24-16-14-23(15-17-24)22-12-10-21(11-13-22)20-8-6-19(7-9-20)18-4-2-1-3-5-18/h18-24H,1-17H2. The molecule has 0 amide bonds. The van der Waals surface area contributed by atoms with Gasteiger partial charge in [-0.25, -0.2) is 0 Å². The van der Waals surface area contributed by atoms with Crippen LogP contribution in [0.2, 0.25) is 0 Å². The molecular formula is C24H41OPS2. The molecule has 0 aromatic heterocycles. The molecule has 1 nitrogen and oxygen atoms in total. The molecule has 4 aliphatic carbocycles. The minimum Gasteiger partial charge on any atom is -0.270 e. The molecule has 0 aliphatic heterocycles. The van der Waals surface area contributed by atoms with Gasteiger partial charge in [-0.3, -0.25) is 4.57 Å². The molecule has 0 saturated heterocycles. The largest absolute Gasteiger partial charge is 0.270 e. The Morgan fingerprint density at radius 2 is 0.821 bits per heavy atom. The van der Waals surface area contributed by atoms with Crippen molar-refractivity contribution in [3.63, 3.8) is 0 Å². The Morgan fingerprint density at radius 3 is 1.18 bits per heavy atom. The molecule has 4 saturated carbocycles. The molecule has 0 aromatic rings. The van der Waals surface area contributed by atoms with Gasteiger partial charge >= 0.3 is 0 Å². The van der Waals surface area contributed by atoms with Crippen LogP contribution in [0.4, 0.5) is 0 Å². The summed E-state index contributed by atoms with van der Waals surface area (Å²) in [5.41, 5.74) is 0.421. The van der Waals surface area contributed by atoms with Gasteiger partial charge in [0.15, 0.2) is 6.58 Å². The molecule has 4 heteroatoms. The summed E-state index contributed by atoms with van der Waals surface area (Å²) in [6.45, 7) is -1.18. The SMILES string of the molecule is O=P(=S=S)C1CCC(C2CCC(C3CCC(C4CCCCC4)CC3)CC2)CC1. The molecule has 0 N–H and O–H groups in total. The van der Waals surface area contributed by atoms with E-state index in [1.54, 1.807) is 38.5 Å². The van der Waals surface area contributed by atoms with Gasteiger partial charge in [-0.2, -0.15) is 0 Å². The van der Waals surface area contributed by atoms with E-state index in [2.05, 4.69) is 0 Å². The van der Waals surface area contributed by atoms with Crippen LogP contribution >= 0.6 is 6.58 Å².